The minimum absolute atomic E-state index is 0.715. The van der Waals surface area contributed by atoms with Crippen LogP contribution in [0, 0.1) is 5.92 Å². The molecule has 2 nitrogen and oxygen atoms in total. The molecule has 0 aliphatic carbocycles. The molecule has 0 spiro atoms. The third-order valence-electron chi connectivity index (χ3n) is 2.88. The van der Waals surface area contributed by atoms with Crippen LogP contribution in [0.2, 0.25) is 0 Å². The molecule has 16 heavy (non-hydrogen) atoms. The minimum Gasteiger partial charge on any atom is -0.347 e. The van der Waals surface area contributed by atoms with Crippen molar-refractivity contribution >= 4 is 17.2 Å². The quantitative estimate of drug-likeness (QED) is 0.715. The predicted octanol–water partition coefficient (Wildman–Crippen LogP) is 3.50. The van der Waals surface area contributed by atoms with Crippen LogP contribution < -0.4 is 0 Å². The fraction of sp³-hybridized carbons (Fsp3) is 0.357. The summed E-state index contributed by atoms with van der Waals surface area (Å²) < 4.78 is 2.25. The largest absolute Gasteiger partial charge is 0.347 e. The van der Waals surface area contributed by atoms with Crippen molar-refractivity contribution in [3.63, 3.8) is 0 Å². The van der Waals surface area contributed by atoms with Gasteiger partial charge in [0.15, 0.2) is 0 Å². The van der Waals surface area contributed by atoms with Crippen LogP contribution in [-0.4, -0.2) is 10.9 Å². The highest BCUT2D eigenvalue weighted by Gasteiger charge is 2.02. The molecular formula is C14H17NO. The van der Waals surface area contributed by atoms with Crippen molar-refractivity contribution in [3.05, 3.63) is 36.0 Å². The topological polar surface area (TPSA) is 22.0 Å². The van der Waals surface area contributed by atoms with E-state index in [1.807, 2.05) is 18.2 Å². The number of fused-ring (bicyclic) bond motifs is 1. The van der Waals surface area contributed by atoms with Crippen molar-refractivity contribution in [1.29, 1.82) is 0 Å². The van der Waals surface area contributed by atoms with E-state index in [4.69, 9.17) is 0 Å². The number of benzene rings is 1. The molecule has 84 valence electrons. The lowest BCUT2D eigenvalue weighted by Crippen LogP contribution is -1.99. The molecule has 2 rings (SSSR count). The summed E-state index contributed by atoms with van der Waals surface area (Å²) in [5, 5.41) is 1.15. The van der Waals surface area contributed by atoms with Gasteiger partial charge in [-0.1, -0.05) is 13.8 Å². The first-order valence-corrected chi connectivity index (χ1v) is 5.75. The second-order valence-corrected chi connectivity index (χ2v) is 4.63. The first-order chi connectivity index (χ1) is 7.70. The number of carbonyl (C=O) groups is 1. The van der Waals surface area contributed by atoms with Gasteiger partial charge < -0.3 is 4.57 Å². The Labute approximate surface area is 95.9 Å². The van der Waals surface area contributed by atoms with Crippen molar-refractivity contribution in [2.45, 2.75) is 26.8 Å². The van der Waals surface area contributed by atoms with E-state index in [0.717, 1.165) is 23.8 Å². The molecule has 0 atom stereocenters. The van der Waals surface area contributed by atoms with E-state index in [2.05, 4.69) is 30.7 Å². The number of nitrogens with zero attached hydrogens (tertiary/aromatic N) is 1. The summed E-state index contributed by atoms with van der Waals surface area (Å²) in [6.07, 6.45) is 4.17. The summed E-state index contributed by atoms with van der Waals surface area (Å²) in [6, 6.07) is 7.91. The number of hydrogen-bond donors (Lipinski definition) is 0. The maximum atomic E-state index is 10.7. The van der Waals surface area contributed by atoms with Crippen molar-refractivity contribution in [3.8, 4) is 0 Å². The zero-order chi connectivity index (χ0) is 11.5. The first-order valence-electron chi connectivity index (χ1n) is 5.75. The third kappa shape index (κ3) is 2.16. The fourth-order valence-electron chi connectivity index (χ4n) is 1.88. The molecule has 0 unspecified atom stereocenters. The molecule has 1 heterocycles. The summed E-state index contributed by atoms with van der Waals surface area (Å²) in [5.41, 5.74) is 1.96. The maximum Gasteiger partial charge on any atom is 0.150 e. The van der Waals surface area contributed by atoms with Crippen molar-refractivity contribution < 1.29 is 4.79 Å². The Morgan fingerprint density at radius 1 is 1.31 bits per heavy atom. The van der Waals surface area contributed by atoms with Crippen molar-refractivity contribution in [2.24, 2.45) is 5.92 Å². The number of hydrogen-bond acceptors (Lipinski definition) is 1. The Bertz CT molecular complexity index is 496. The molecule has 0 fully saturated rings. The highest BCUT2D eigenvalue weighted by Crippen LogP contribution is 2.18. The second-order valence-electron chi connectivity index (χ2n) is 4.63. The van der Waals surface area contributed by atoms with Gasteiger partial charge in [0.05, 0.1) is 0 Å². The average Bonchev–Trinajstić information content (AvgIpc) is 2.68. The van der Waals surface area contributed by atoms with Crippen LogP contribution in [-0.2, 0) is 6.54 Å². The Morgan fingerprint density at radius 2 is 2.12 bits per heavy atom. The number of carbonyl (C=O) groups excluding carboxylic acids is 1. The normalized spacial score (nSPS) is 11.2. The van der Waals surface area contributed by atoms with Gasteiger partial charge in [0.25, 0.3) is 0 Å². The van der Waals surface area contributed by atoms with Gasteiger partial charge >= 0.3 is 0 Å². The highest BCUT2D eigenvalue weighted by atomic mass is 16.1. The van der Waals surface area contributed by atoms with Gasteiger partial charge in [-0.15, -0.1) is 0 Å². The highest BCUT2D eigenvalue weighted by molar-refractivity contribution is 5.87. The van der Waals surface area contributed by atoms with Gasteiger partial charge in [-0.3, -0.25) is 4.79 Å². The standard InChI is InChI=1S/C14H17NO/c1-11(2)5-7-15-8-6-13-9-12(10-16)3-4-14(13)15/h3-4,6,8-11H,5,7H2,1-2H3. The first kappa shape index (κ1) is 10.9. The summed E-state index contributed by atoms with van der Waals surface area (Å²) >= 11 is 0. The maximum absolute atomic E-state index is 10.7. The summed E-state index contributed by atoms with van der Waals surface area (Å²) in [4.78, 5) is 10.7. The summed E-state index contributed by atoms with van der Waals surface area (Å²) in [6.45, 7) is 5.51. The molecule has 0 saturated heterocycles. The molecule has 1 aromatic heterocycles. The Balaban J connectivity index is 2.30. The zero-order valence-electron chi connectivity index (χ0n) is 9.81. The second kappa shape index (κ2) is 4.52. The van der Waals surface area contributed by atoms with Crippen LogP contribution in [0.25, 0.3) is 10.9 Å². The minimum atomic E-state index is 0.715. The predicted molar refractivity (Wildman–Crippen MR) is 66.8 cm³/mol. The van der Waals surface area contributed by atoms with E-state index in [0.29, 0.717) is 5.92 Å². The van der Waals surface area contributed by atoms with E-state index < -0.39 is 0 Å². The molecule has 0 aliphatic heterocycles. The number of aryl methyl sites for hydroxylation is 1. The molecule has 0 N–H and O–H groups in total. The van der Waals surface area contributed by atoms with E-state index in [1.165, 1.54) is 11.9 Å². The van der Waals surface area contributed by atoms with Gasteiger partial charge in [-0.2, -0.15) is 0 Å². The Kier molecular flexibility index (Phi) is 3.09. The molecule has 0 radical (unpaired) electrons. The summed E-state index contributed by atoms with van der Waals surface area (Å²) in [7, 11) is 0. The van der Waals surface area contributed by atoms with E-state index >= 15 is 0 Å². The van der Waals surface area contributed by atoms with Crippen LogP contribution in [0.3, 0.4) is 0 Å². The molecule has 0 amide bonds. The molecule has 0 saturated carbocycles. The monoisotopic (exact) mass is 215 g/mol. The SMILES string of the molecule is CC(C)CCn1ccc2cc(C=O)ccc21. The lowest BCUT2D eigenvalue weighted by Gasteiger charge is -2.07. The molecule has 2 heteroatoms. The van der Waals surface area contributed by atoms with Crippen LogP contribution >= 0.6 is 0 Å². The lowest BCUT2D eigenvalue weighted by molar-refractivity contribution is 0.112. The van der Waals surface area contributed by atoms with Crippen LogP contribution in [0.1, 0.15) is 30.6 Å². The molecule has 0 bridgehead atoms. The Morgan fingerprint density at radius 3 is 2.81 bits per heavy atom. The smallest absolute Gasteiger partial charge is 0.150 e. The average molecular weight is 215 g/mol. The lowest BCUT2D eigenvalue weighted by atomic mass is 10.1. The van der Waals surface area contributed by atoms with Crippen LogP contribution in [0.5, 0.6) is 0 Å². The van der Waals surface area contributed by atoms with Gasteiger partial charge in [0.1, 0.15) is 6.29 Å². The van der Waals surface area contributed by atoms with Crippen molar-refractivity contribution in [2.75, 3.05) is 0 Å². The molecule has 2 aromatic rings. The van der Waals surface area contributed by atoms with Crippen LogP contribution in [0.4, 0.5) is 0 Å². The zero-order valence-corrected chi connectivity index (χ0v) is 9.81. The van der Waals surface area contributed by atoms with Crippen LogP contribution in [0.15, 0.2) is 30.5 Å². The van der Waals surface area contributed by atoms with Gasteiger partial charge in [-0.05, 0) is 36.6 Å². The number of rotatable bonds is 4. The van der Waals surface area contributed by atoms with E-state index in [-0.39, 0.29) is 0 Å². The van der Waals surface area contributed by atoms with E-state index in [1.54, 1.807) is 0 Å². The third-order valence-corrected chi connectivity index (χ3v) is 2.88. The number of aromatic nitrogens is 1. The van der Waals surface area contributed by atoms with Crippen molar-refractivity contribution in [1.82, 2.24) is 4.57 Å². The van der Waals surface area contributed by atoms with Gasteiger partial charge in [0.2, 0.25) is 0 Å². The molecule has 0 aliphatic rings. The molecule has 1 aromatic carbocycles. The number of aldehydes is 1. The summed E-state index contributed by atoms with van der Waals surface area (Å²) in [5.74, 6) is 0.715. The fourth-order valence-corrected chi connectivity index (χ4v) is 1.88. The van der Waals surface area contributed by atoms with E-state index in [9.17, 15) is 4.79 Å². The Hall–Kier alpha value is -1.57. The van der Waals surface area contributed by atoms with Gasteiger partial charge in [0, 0.05) is 29.2 Å². The van der Waals surface area contributed by atoms with Gasteiger partial charge in [-0.25, -0.2) is 0 Å². The molecular weight excluding hydrogens is 198 g/mol.